The number of ether oxygens (including phenoxy) is 1. The van der Waals surface area contributed by atoms with Crippen LogP contribution in [0.15, 0.2) is 42.5 Å². The highest BCUT2D eigenvalue weighted by atomic mass is 35.5. The molecule has 1 heterocycles. The van der Waals surface area contributed by atoms with Gasteiger partial charge in [-0.1, -0.05) is 48.5 Å². The van der Waals surface area contributed by atoms with Crippen molar-refractivity contribution in [1.29, 1.82) is 0 Å². The number of carbonyl (C=O) groups is 2. The molecule has 0 unspecified atom stereocenters. The Morgan fingerprint density at radius 1 is 0.976 bits per heavy atom. The molecule has 1 saturated carbocycles. The first-order valence-electron chi connectivity index (χ1n) is 13.9. The van der Waals surface area contributed by atoms with E-state index < -0.39 is 17.4 Å². The van der Waals surface area contributed by atoms with Gasteiger partial charge in [0.1, 0.15) is 17.0 Å². The van der Waals surface area contributed by atoms with Gasteiger partial charge in [0.15, 0.2) is 0 Å². The van der Waals surface area contributed by atoms with Gasteiger partial charge in [-0.05, 0) is 94.7 Å². The standard InChI is InChI=1S/C32H37Cl2N3O4/c1-20-17-24(26(34)18-21(20)2)23-10-12-27(30(38)36-32(31(39)40)13-6-5-7-14-32)35-29(23)22-9-11-25(33)28(19-22)41-16-8-15-37(3)4/h9-12,17-19H,5-8,13-16H2,1-4H3,(H,36,38)(H,39,40). The highest BCUT2D eigenvalue weighted by Gasteiger charge is 2.41. The SMILES string of the molecule is Cc1cc(Cl)c(-c2ccc(C(=O)NC3(C(=O)O)CCCCC3)nc2-c2ccc(Cl)c(OCCCN(C)C)c2)cc1C. The molecule has 0 aliphatic heterocycles. The summed E-state index contributed by atoms with van der Waals surface area (Å²) in [5.41, 5.74) is 3.70. The number of carbonyl (C=O) groups excluding carboxylic acids is 1. The second kappa shape index (κ2) is 13.2. The van der Waals surface area contributed by atoms with E-state index in [0.29, 0.717) is 46.5 Å². The zero-order chi connectivity index (χ0) is 29.7. The number of rotatable bonds is 10. The van der Waals surface area contributed by atoms with E-state index in [1.54, 1.807) is 12.1 Å². The average molecular weight is 599 g/mol. The second-order valence-corrected chi connectivity index (χ2v) is 11.9. The minimum absolute atomic E-state index is 0.123. The summed E-state index contributed by atoms with van der Waals surface area (Å²) >= 11 is 13.2. The van der Waals surface area contributed by atoms with Gasteiger partial charge >= 0.3 is 5.97 Å². The van der Waals surface area contributed by atoms with Crippen molar-refractivity contribution in [3.63, 3.8) is 0 Å². The topological polar surface area (TPSA) is 91.8 Å². The number of hydrogen-bond acceptors (Lipinski definition) is 5. The normalized spacial score (nSPS) is 14.6. The first-order chi connectivity index (χ1) is 19.5. The highest BCUT2D eigenvalue weighted by molar-refractivity contribution is 6.33. The Morgan fingerprint density at radius 3 is 2.37 bits per heavy atom. The molecule has 0 atom stereocenters. The molecule has 2 aromatic carbocycles. The smallest absolute Gasteiger partial charge is 0.329 e. The van der Waals surface area contributed by atoms with Crippen LogP contribution in [-0.2, 0) is 4.79 Å². The Balaban J connectivity index is 1.77. The molecule has 1 amide bonds. The number of nitrogens with zero attached hydrogens (tertiary/aromatic N) is 2. The van der Waals surface area contributed by atoms with Crippen molar-refractivity contribution in [3.8, 4) is 28.1 Å². The van der Waals surface area contributed by atoms with Gasteiger partial charge in [0, 0.05) is 28.3 Å². The fourth-order valence-electron chi connectivity index (χ4n) is 5.16. The summed E-state index contributed by atoms with van der Waals surface area (Å²) in [6.45, 7) is 5.38. The van der Waals surface area contributed by atoms with E-state index in [4.69, 9.17) is 32.9 Å². The highest BCUT2D eigenvalue weighted by Crippen LogP contribution is 2.39. The van der Waals surface area contributed by atoms with Crippen molar-refractivity contribution in [2.45, 2.75) is 57.9 Å². The van der Waals surface area contributed by atoms with Gasteiger partial charge in [-0.3, -0.25) is 4.79 Å². The molecule has 0 bridgehead atoms. The molecule has 1 aliphatic carbocycles. The maximum Gasteiger partial charge on any atom is 0.329 e. The van der Waals surface area contributed by atoms with E-state index in [0.717, 1.165) is 54.5 Å². The Hall–Kier alpha value is -3.13. The Kier molecular flexibility index (Phi) is 9.95. The fraction of sp³-hybridized carbons (Fsp3) is 0.406. The summed E-state index contributed by atoms with van der Waals surface area (Å²) in [4.78, 5) is 32.5. The average Bonchev–Trinajstić information content (AvgIpc) is 2.94. The Bertz CT molecular complexity index is 1430. The number of aromatic nitrogens is 1. The van der Waals surface area contributed by atoms with Gasteiger partial charge < -0.3 is 20.1 Å². The molecular formula is C32H37Cl2N3O4. The summed E-state index contributed by atoms with van der Waals surface area (Å²) in [5, 5.41) is 13.8. The molecule has 1 aliphatic rings. The maximum atomic E-state index is 13.5. The van der Waals surface area contributed by atoms with E-state index >= 15 is 0 Å². The van der Waals surface area contributed by atoms with E-state index in [1.165, 1.54) is 0 Å². The van der Waals surface area contributed by atoms with E-state index in [-0.39, 0.29) is 5.69 Å². The number of halogens is 2. The van der Waals surface area contributed by atoms with Gasteiger partial charge in [-0.25, -0.2) is 9.78 Å². The molecular weight excluding hydrogens is 561 g/mol. The largest absolute Gasteiger partial charge is 0.492 e. The minimum Gasteiger partial charge on any atom is -0.492 e. The van der Waals surface area contributed by atoms with Gasteiger partial charge in [-0.2, -0.15) is 0 Å². The van der Waals surface area contributed by atoms with Gasteiger partial charge in [-0.15, -0.1) is 0 Å². The summed E-state index contributed by atoms with van der Waals surface area (Å²) in [5.74, 6) is -1.02. The lowest BCUT2D eigenvalue weighted by Gasteiger charge is -2.33. The third kappa shape index (κ3) is 7.21. The predicted molar refractivity (Wildman–Crippen MR) is 164 cm³/mol. The lowest BCUT2D eigenvalue weighted by Crippen LogP contribution is -2.55. The lowest BCUT2D eigenvalue weighted by molar-refractivity contribution is -0.145. The second-order valence-electron chi connectivity index (χ2n) is 11.1. The van der Waals surface area contributed by atoms with Crippen LogP contribution in [0.1, 0.15) is 60.1 Å². The van der Waals surface area contributed by atoms with E-state index in [2.05, 4.69) is 10.2 Å². The van der Waals surface area contributed by atoms with Crippen molar-refractivity contribution in [3.05, 3.63) is 69.3 Å². The van der Waals surface area contributed by atoms with Crippen LogP contribution in [0.5, 0.6) is 5.75 Å². The molecule has 9 heteroatoms. The van der Waals surface area contributed by atoms with Gasteiger partial charge in [0.25, 0.3) is 5.91 Å². The zero-order valence-corrected chi connectivity index (χ0v) is 25.5. The molecule has 41 heavy (non-hydrogen) atoms. The maximum absolute atomic E-state index is 13.5. The molecule has 2 N–H and O–H groups in total. The number of nitrogens with one attached hydrogen (secondary N) is 1. The van der Waals surface area contributed by atoms with Crippen molar-refractivity contribution in [2.24, 2.45) is 0 Å². The summed E-state index contributed by atoms with van der Waals surface area (Å²) in [6.07, 6.45) is 4.06. The number of aliphatic carboxylic acids is 1. The van der Waals surface area contributed by atoms with Crippen molar-refractivity contribution in [1.82, 2.24) is 15.2 Å². The van der Waals surface area contributed by atoms with Crippen LogP contribution in [0.25, 0.3) is 22.4 Å². The van der Waals surface area contributed by atoms with Crippen LogP contribution in [0.3, 0.4) is 0 Å². The van der Waals surface area contributed by atoms with Gasteiger partial charge in [0.2, 0.25) is 0 Å². The quantitative estimate of drug-likeness (QED) is 0.240. The predicted octanol–water partition coefficient (Wildman–Crippen LogP) is 7.19. The number of amides is 1. The van der Waals surface area contributed by atoms with Crippen LogP contribution >= 0.6 is 23.2 Å². The number of hydrogen-bond donors (Lipinski definition) is 2. The molecule has 7 nitrogen and oxygen atoms in total. The number of carboxylic acid groups (broad SMARTS) is 1. The Morgan fingerprint density at radius 2 is 1.68 bits per heavy atom. The van der Waals surface area contributed by atoms with Crippen molar-refractivity contribution < 1.29 is 19.4 Å². The monoisotopic (exact) mass is 597 g/mol. The van der Waals surface area contributed by atoms with Gasteiger partial charge in [0.05, 0.1) is 17.3 Å². The summed E-state index contributed by atoms with van der Waals surface area (Å²) in [7, 11) is 4.02. The Labute approximate surface area is 251 Å². The molecule has 0 spiro atoms. The third-order valence-electron chi connectivity index (χ3n) is 7.68. The van der Waals surface area contributed by atoms with E-state index in [1.807, 2.05) is 58.3 Å². The van der Waals surface area contributed by atoms with Crippen molar-refractivity contribution in [2.75, 3.05) is 27.2 Å². The zero-order valence-electron chi connectivity index (χ0n) is 24.0. The van der Waals surface area contributed by atoms with Crippen LogP contribution in [0, 0.1) is 13.8 Å². The first-order valence-corrected chi connectivity index (χ1v) is 14.7. The molecule has 218 valence electrons. The van der Waals surface area contributed by atoms with Crippen LogP contribution < -0.4 is 10.1 Å². The molecule has 1 fully saturated rings. The molecule has 0 saturated heterocycles. The molecule has 1 aromatic heterocycles. The third-order valence-corrected chi connectivity index (χ3v) is 8.31. The summed E-state index contributed by atoms with van der Waals surface area (Å²) < 4.78 is 6.01. The van der Waals surface area contributed by atoms with Crippen LogP contribution in [0.2, 0.25) is 10.0 Å². The van der Waals surface area contributed by atoms with Crippen LogP contribution in [-0.4, -0.2) is 59.7 Å². The molecule has 3 aromatic rings. The number of aryl methyl sites for hydroxylation is 2. The lowest BCUT2D eigenvalue weighted by atomic mass is 9.81. The first kappa shape index (κ1) is 30.8. The molecule has 0 radical (unpaired) electrons. The fourth-order valence-corrected chi connectivity index (χ4v) is 5.66. The number of carboxylic acids is 1. The number of benzene rings is 2. The summed E-state index contributed by atoms with van der Waals surface area (Å²) in [6, 6.07) is 12.8. The number of pyridine rings is 1. The minimum atomic E-state index is -1.29. The molecule has 4 rings (SSSR count). The van der Waals surface area contributed by atoms with Crippen molar-refractivity contribution >= 4 is 35.1 Å². The van der Waals surface area contributed by atoms with Crippen LogP contribution in [0.4, 0.5) is 0 Å². The van der Waals surface area contributed by atoms with E-state index in [9.17, 15) is 14.7 Å².